The van der Waals surface area contributed by atoms with Crippen LogP contribution < -0.4 is 4.72 Å². The topological polar surface area (TPSA) is 79.4 Å². The summed E-state index contributed by atoms with van der Waals surface area (Å²) >= 11 is 0. The van der Waals surface area contributed by atoms with Gasteiger partial charge in [-0.3, -0.25) is 9.78 Å². The Kier molecular flexibility index (Phi) is 5.71. The Labute approximate surface area is 160 Å². The largest absolute Gasteiger partial charge is 0.416 e. The van der Waals surface area contributed by atoms with Gasteiger partial charge in [-0.15, -0.1) is 0 Å². The van der Waals surface area contributed by atoms with Gasteiger partial charge in [0.1, 0.15) is 0 Å². The average Bonchev–Trinajstić information content (AvgIpc) is 3.49. The minimum Gasteiger partial charge on any atom is -0.334 e. The lowest BCUT2D eigenvalue weighted by Gasteiger charge is -2.22. The average molecular weight is 413 g/mol. The van der Waals surface area contributed by atoms with Gasteiger partial charge in [0.25, 0.3) is 0 Å². The fourth-order valence-electron chi connectivity index (χ4n) is 2.67. The van der Waals surface area contributed by atoms with Crippen LogP contribution in [0.25, 0.3) is 0 Å². The van der Waals surface area contributed by atoms with Crippen molar-refractivity contribution in [2.45, 2.75) is 36.5 Å². The molecule has 1 amide bonds. The maximum Gasteiger partial charge on any atom is 0.416 e. The molecule has 1 aliphatic carbocycles. The van der Waals surface area contributed by atoms with E-state index in [1.54, 1.807) is 29.4 Å². The molecule has 1 aliphatic rings. The number of carbonyl (C=O) groups excluding carboxylic acids is 1. The van der Waals surface area contributed by atoms with Crippen LogP contribution in [0.3, 0.4) is 0 Å². The number of carbonyl (C=O) groups is 1. The van der Waals surface area contributed by atoms with Crippen molar-refractivity contribution in [1.82, 2.24) is 14.6 Å². The highest BCUT2D eigenvalue weighted by Crippen LogP contribution is 2.31. The first-order valence-corrected chi connectivity index (χ1v) is 10.0. The summed E-state index contributed by atoms with van der Waals surface area (Å²) in [5.41, 5.74) is -0.213. The van der Waals surface area contributed by atoms with Crippen molar-refractivity contribution >= 4 is 15.9 Å². The number of amides is 1. The SMILES string of the molecule is O=C(CNS(=O)(=O)c1cccc(C(F)(F)F)c1)N(Cc1ccncc1)C1CC1. The summed E-state index contributed by atoms with van der Waals surface area (Å²) in [7, 11) is -4.26. The molecule has 1 fully saturated rings. The number of sulfonamides is 1. The van der Waals surface area contributed by atoms with E-state index in [-0.39, 0.29) is 6.04 Å². The molecule has 0 unspecified atom stereocenters. The molecule has 1 N–H and O–H groups in total. The summed E-state index contributed by atoms with van der Waals surface area (Å²) in [6, 6.07) is 6.96. The van der Waals surface area contributed by atoms with Crippen LogP contribution in [0.4, 0.5) is 13.2 Å². The van der Waals surface area contributed by atoms with Gasteiger partial charge >= 0.3 is 6.18 Å². The zero-order valence-electron chi connectivity index (χ0n) is 14.7. The van der Waals surface area contributed by atoms with Crippen LogP contribution in [0.2, 0.25) is 0 Å². The highest BCUT2D eigenvalue weighted by molar-refractivity contribution is 7.89. The van der Waals surface area contributed by atoms with Crippen molar-refractivity contribution in [3.63, 3.8) is 0 Å². The zero-order valence-corrected chi connectivity index (χ0v) is 15.5. The van der Waals surface area contributed by atoms with E-state index >= 15 is 0 Å². The minimum absolute atomic E-state index is 0.0405. The first kappa shape index (κ1) is 20.3. The minimum atomic E-state index is -4.66. The van der Waals surface area contributed by atoms with Crippen LogP contribution in [-0.4, -0.2) is 36.8 Å². The second kappa shape index (κ2) is 7.88. The molecule has 0 saturated heterocycles. The normalized spacial score (nSPS) is 14.7. The van der Waals surface area contributed by atoms with E-state index < -0.39 is 39.1 Å². The molecule has 1 aromatic carbocycles. The summed E-state index contributed by atoms with van der Waals surface area (Å²) in [5.74, 6) is -0.435. The monoisotopic (exact) mass is 413 g/mol. The number of pyridine rings is 1. The van der Waals surface area contributed by atoms with Gasteiger partial charge in [-0.2, -0.15) is 13.2 Å². The molecule has 2 aromatic rings. The highest BCUT2D eigenvalue weighted by atomic mass is 32.2. The molecule has 0 spiro atoms. The molecular formula is C18H18F3N3O3S. The molecule has 0 bridgehead atoms. The second-order valence-corrected chi connectivity index (χ2v) is 8.23. The van der Waals surface area contributed by atoms with Crippen LogP contribution in [0.5, 0.6) is 0 Å². The Hall–Kier alpha value is -2.46. The number of hydrogen-bond acceptors (Lipinski definition) is 4. The van der Waals surface area contributed by atoms with Crippen molar-refractivity contribution in [1.29, 1.82) is 0 Å². The van der Waals surface area contributed by atoms with E-state index in [9.17, 15) is 26.4 Å². The Bertz CT molecular complexity index is 945. The van der Waals surface area contributed by atoms with Crippen LogP contribution in [0, 0.1) is 0 Å². The third kappa shape index (κ3) is 5.08. The summed E-state index contributed by atoms with van der Waals surface area (Å²) in [6.07, 6.45) is 0.200. The van der Waals surface area contributed by atoms with Crippen LogP contribution in [0.15, 0.2) is 53.7 Å². The number of nitrogens with zero attached hydrogens (tertiary/aromatic N) is 2. The van der Waals surface area contributed by atoms with Gasteiger partial charge in [0.15, 0.2) is 0 Å². The van der Waals surface area contributed by atoms with E-state index in [4.69, 9.17) is 0 Å². The predicted molar refractivity (Wildman–Crippen MR) is 94.4 cm³/mol. The van der Waals surface area contributed by atoms with Gasteiger partial charge in [-0.25, -0.2) is 13.1 Å². The summed E-state index contributed by atoms with van der Waals surface area (Å²) in [5, 5.41) is 0. The number of alkyl halides is 3. The number of benzene rings is 1. The Balaban J connectivity index is 1.68. The Morgan fingerprint density at radius 3 is 2.46 bits per heavy atom. The molecule has 0 aliphatic heterocycles. The molecule has 0 radical (unpaired) electrons. The third-order valence-corrected chi connectivity index (χ3v) is 5.69. The molecule has 3 rings (SSSR count). The maximum atomic E-state index is 12.8. The molecule has 0 atom stereocenters. The van der Waals surface area contributed by atoms with E-state index in [1.165, 1.54) is 0 Å². The predicted octanol–water partition coefficient (Wildman–Crippen LogP) is 2.57. The second-order valence-electron chi connectivity index (χ2n) is 6.46. The maximum absolute atomic E-state index is 12.8. The molecule has 28 heavy (non-hydrogen) atoms. The molecule has 150 valence electrons. The lowest BCUT2D eigenvalue weighted by Crippen LogP contribution is -2.41. The lowest BCUT2D eigenvalue weighted by atomic mass is 10.2. The Morgan fingerprint density at radius 2 is 1.86 bits per heavy atom. The van der Waals surface area contributed by atoms with Crippen LogP contribution in [-0.2, 0) is 27.5 Å². The number of halogens is 3. The molecule has 1 aromatic heterocycles. The van der Waals surface area contributed by atoms with E-state index in [0.717, 1.165) is 36.6 Å². The fourth-order valence-corrected chi connectivity index (χ4v) is 3.69. The number of nitrogens with one attached hydrogen (secondary N) is 1. The molecule has 1 heterocycles. The van der Waals surface area contributed by atoms with Gasteiger partial charge in [0.05, 0.1) is 17.0 Å². The third-order valence-electron chi connectivity index (χ3n) is 4.30. The van der Waals surface area contributed by atoms with Gasteiger partial charge in [0, 0.05) is 25.0 Å². The van der Waals surface area contributed by atoms with Crippen LogP contribution >= 0.6 is 0 Å². The summed E-state index contributed by atoms with van der Waals surface area (Å²) in [4.78, 5) is 17.5. The van der Waals surface area contributed by atoms with Crippen LogP contribution in [0.1, 0.15) is 24.0 Å². The first-order valence-electron chi connectivity index (χ1n) is 8.52. The van der Waals surface area contributed by atoms with Gasteiger partial charge < -0.3 is 4.90 Å². The lowest BCUT2D eigenvalue weighted by molar-refractivity contribution is -0.137. The van der Waals surface area contributed by atoms with Gasteiger partial charge in [-0.05, 0) is 48.7 Å². The van der Waals surface area contributed by atoms with Gasteiger partial charge in [0.2, 0.25) is 15.9 Å². The summed E-state index contributed by atoms with van der Waals surface area (Å²) < 4.78 is 65.1. The van der Waals surface area contributed by atoms with E-state index in [2.05, 4.69) is 9.71 Å². The Morgan fingerprint density at radius 1 is 1.18 bits per heavy atom. The quantitative estimate of drug-likeness (QED) is 0.757. The van der Waals surface area contributed by atoms with E-state index in [0.29, 0.717) is 12.6 Å². The van der Waals surface area contributed by atoms with Crippen molar-refractivity contribution in [2.75, 3.05) is 6.54 Å². The standard InChI is InChI=1S/C18H18F3N3O3S/c19-18(20,21)14-2-1-3-16(10-14)28(26,27)23-11-17(25)24(15-4-5-15)12-13-6-8-22-9-7-13/h1-3,6-10,15,23H,4-5,11-12H2. The fraction of sp³-hybridized carbons (Fsp3) is 0.333. The molecular weight excluding hydrogens is 395 g/mol. The van der Waals surface area contributed by atoms with Gasteiger partial charge in [-0.1, -0.05) is 6.07 Å². The van der Waals surface area contributed by atoms with Crippen molar-refractivity contribution in [3.05, 3.63) is 59.9 Å². The smallest absolute Gasteiger partial charge is 0.334 e. The number of aromatic nitrogens is 1. The van der Waals surface area contributed by atoms with Crippen molar-refractivity contribution in [2.24, 2.45) is 0 Å². The zero-order chi connectivity index (χ0) is 20.4. The molecule has 1 saturated carbocycles. The van der Waals surface area contributed by atoms with Crippen molar-refractivity contribution in [3.8, 4) is 0 Å². The number of hydrogen-bond donors (Lipinski definition) is 1. The first-order chi connectivity index (χ1) is 13.2. The number of rotatable bonds is 7. The molecule has 6 nitrogen and oxygen atoms in total. The van der Waals surface area contributed by atoms with E-state index in [1.807, 2.05) is 0 Å². The highest BCUT2D eigenvalue weighted by Gasteiger charge is 2.34. The summed E-state index contributed by atoms with van der Waals surface area (Å²) in [6.45, 7) is -0.211. The van der Waals surface area contributed by atoms with Crippen molar-refractivity contribution < 1.29 is 26.4 Å². The molecule has 10 heteroatoms.